The molecule has 156 valence electrons. The topological polar surface area (TPSA) is 92.4 Å². The Morgan fingerprint density at radius 3 is 2.45 bits per heavy atom. The van der Waals surface area contributed by atoms with Crippen molar-refractivity contribution in [3.63, 3.8) is 0 Å². The molecule has 0 saturated heterocycles. The average Bonchev–Trinajstić information content (AvgIpc) is 2.98. The van der Waals surface area contributed by atoms with Gasteiger partial charge in [0.25, 0.3) is 0 Å². The largest absolute Gasteiger partial charge is 0.464 e. The summed E-state index contributed by atoms with van der Waals surface area (Å²) in [6, 6.07) is 2.98. The van der Waals surface area contributed by atoms with Crippen LogP contribution in [0, 0.1) is 19.8 Å². The summed E-state index contributed by atoms with van der Waals surface area (Å²) >= 11 is 0. The molecule has 0 aliphatic heterocycles. The second kappa shape index (κ2) is 9.49. The van der Waals surface area contributed by atoms with E-state index in [4.69, 9.17) is 4.74 Å². The number of carbonyl (C=O) groups excluding carboxylic acids is 3. The first-order chi connectivity index (χ1) is 13.7. The second-order valence-corrected chi connectivity index (χ2v) is 7.64. The van der Waals surface area contributed by atoms with Crippen molar-refractivity contribution in [2.24, 2.45) is 5.92 Å². The van der Waals surface area contributed by atoms with Crippen LogP contribution in [0.2, 0.25) is 0 Å². The fraction of sp³-hybridized carbons (Fsp3) is 0.455. The fourth-order valence-electron chi connectivity index (χ4n) is 3.37. The zero-order valence-corrected chi connectivity index (χ0v) is 17.9. The van der Waals surface area contributed by atoms with Crippen molar-refractivity contribution in [1.82, 2.24) is 14.9 Å². The number of hydrogen-bond acceptors (Lipinski definition) is 5. The molecule has 1 atom stereocenters. The van der Waals surface area contributed by atoms with Gasteiger partial charge in [0, 0.05) is 36.6 Å². The monoisotopic (exact) mass is 399 g/mol. The third-order valence-electron chi connectivity index (χ3n) is 4.90. The molecule has 2 aromatic heterocycles. The first-order valence-corrected chi connectivity index (χ1v) is 9.67. The molecule has 7 nitrogen and oxygen atoms in total. The van der Waals surface area contributed by atoms with Gasteiger partial charge in [0.1, 0.15) is 5.69 Å². The van der Waals surface area contributed by atoms with Gasteiger partial charge in [0.2, 0.25) is 5.91 Å². The molecule has 1 N–H and O–H groups in total. The Hall–Kier alpha value is -2.96. The Morgan fingerprint density at radius 2 is 1.90 bits per heavy atom. The van der Waals surface area contributed by atoms with E-state index in [0.717, 1.165) is 5.56 Å². The number of aryl methyl sites for hydroxylation is 1. The van der Waals surface area contributed by atoms with Crippen LogP contribution in [-0.2, 0) is 16.1 Å². The molecule has 0 saturated carbocycles. The van der Waals surface area contributed by atoms with Gasteiger partial charge in [-0.2, -0.15) is 0 Å². The number of pyridine rings is 1. The molecule has 0 spiro atoms. The summed E-state index contributed by atoms with van der Waals surface area (Å²) in [4.78, 5) is 46.9. The number of amides is 1. The average molecular weight is 399 g/mol. The first kappa shape index (κ1) is 22.3. The van der Waals surface area contributed by atoms with Gasteiger partial charge < -0.3 is 14.6 Å². The van der Waals surface area contributed by atoms with E-state index in [2.05, 4.69) is 9.97 Å². The summed E-state index contributed by atoms with van der Waals surface area (Å²) in [6.07, 6.45) is 3.70. The van der Waals surface area contributed by atoms with E-state index in [0.29, 0.717) is 29.8 Å². The summed E-state index contributed by atoms with van der Waals surface area (Å²) in [7, 11) is 1.29. The molecular weight excluding hydrogens is 370 g/mol. The van der Waals surface area contributed by atoms with E-state index in [9.17, 15) is 14.4 Å². The summed E-state index contributed by atoms with van der Waals surface area (Å²) in [6.45, 7) is 9.39. The smallest absolute Gasteiger partial charge is 0.354 e. The van der Waals surface area contributed by atoms with Crippen LogP contribution in [0.15, 0.2) is 24.5 Å². The molecule has 0 aromatic carbocycles. The van der Waals surface area contributed by atoms with E-state index >= 15 is 0 Å². The Labute approximate surface area is 171 Å². The van der Waals surface area contributed by atoms with Crippen molar-refractivity contribution < 1.29 is 19.1 Å². The van der Waals surface area contributed by atoms with E-state index in [1.165, 1.54) is 7.11 Å². The number of hydrogen-bond donors (Lipinski definition) is 1. The summed E-state index contributed by atoms with van der Waals surface area (Å²) in [5.41, 5.74) is 2.64. The predicted octanol–water partition coefficient (Wildman–Crippen LogP) is 3.46. The number of rotatable bonds is 8. The van der Waals surface area contributed by atoms with Crippen LogP contribution in [-0.4, -0.2) is 45.7 Å². The lowest BCUT2D eigenvalue weighted by Crippen LogP contribution is -2.43. The Morgan fingerprint density at radius 1 is 1.21 bits per heavy atom. The Kier molecular flexibility index (Phi) is 7.31. The number of aromatic nitrogens is 2. The summed E-state index contributed by atoms with van der Waals surface area (Å²) < 4.78 is 4.78. The number of carbonyl (C=O) groups is 3. The van der Waals surface area contributed by atoms with Crippen molar-refractivity contribution >= 4 is 17.7 Å². The molecule has 29 heavy (non-hydrogen) atoms. The highest BCUT2D eigenvalue weighted by molar-refractivity contribution is 6.06. The second-order valence-electron chi connectivity index (χ2n) is 7.64. The number of H-pyrrole nitrogens is 1. The van der Waals surface area contributed by atoms with Gasteiger partial charge in [0.15, 0.2) is 5.78 Å². The van der Waals surface area contributed by atoms with Crippen LogP contribution < -0.4 is 0 Å². The minimum atomic E-state index is -0.694. The van der Waals surface area contributed by atoms with Gasteiger partial charge in [-0.15, -0.1) is 0 Å². The first-order valence-electron chi connectivity index (χ1n) is 9.67. The van der Waals surface area contributed by atoms with Crippen LogP contribution in [0.25, 0.3) is 0 Å². The Balaban J connectivity index is 2.38. The lowest BCUT2D eigenvalue weighted by atomic mass is 9.98. The van der Waals surface area contributed by atoms with Gasteiger partial charge in [-0.1, -0.05) is 19.9 Å². The minimum absolute atomic E-state index is 0.0938. The molecule has 7 heteroatoms. The van der Waals surface area contributed by atoms with Crippen LogP contribution >= 0.6 is 0 Å². The predicted molar refractivity (Wildman–Crippen MR) is 110 cm³/mol. The van der Waals surface area contributed by atoms with Crippen LogP contribution in [0.5, 0.6) is 0 Å². The number of ether oxygens (including phenoxy) is 1. The molecule has 1 amide bonds. The van der Waals surface area contributed by atoms with Gasteiger partial charge in [-0.25, -0.2) is 4.79 Å². The van der Waals surface area contributed by atoms with E-state index in [1.54, 1.807) is 44.1 Å². The molecule has 2 rings (SSSR count). The lowest BCUT2D eigenvalue weighted by molar-refractivity contribution is -0.133. The highest BCUT2D eigenvalue weighted by atomic mass is 16.5. The molecule has 0 aliphatic carbocycles. The quantitative estimate of drug-likeness (QED) is 0.542. The zero-order valence-electron chi connectivity index (χ0n) is 17.9. The number of esters is 1. The maximum Gasteiger partial charge on any atom is 0.354 e. The van der Waals surface area contributed by atoms with E-state index in [-0.39, 0.29) is 23.3 Å². The van der Waals surface area contributed by atoms with Crippen molar-refractivity contribution in [3.8, 4) is 0 Å². The number of aromatic amines is 1. The number of nitrogens with zero attached hydrogens (tertiary/aromatic N) is 2. The number of ketones is 1. The number of Topliss-reactive ketones (excluding diaryl/α,β-unsaturated/α-hetero) is 1. The van der Waals surface area contributed by atoms with Crippen molar-refractivity contribution in [3.05, 3.63) is 52.6 Å². The van der Waals surface area contributed by atoms with Gasteiger partial charge in [-0.3, -0.25) is 14.6 Å². The minimum Gasteiger partial charge on any atom is -0.464 e. The number of methoxy groups -OCH3 is 1. The molecule has 0 aliphatic rings. The SMILES string of the molecule is COC(=O)c1[nH]c(C)c(C(=O)C(C)N(Cc2cccnc2)C(=O)CC(C)C)c1C. The maximum absolute atomic E-state index is 13.4. The van der Waals surface area contributed by atoms with Crippen LogP contribution in [0.3, 0.4) is 0 Å². The third kappa shape index (κ3) is 5.10. The molecule has 0 radical (unpaired) electrons. The molecule has 2 aromatic rings. The maximum atomic E-state index is 13.4. The Bertz CT molecular complexity index is 887. The lowest BCUT2D eigenvalue weighted by Gasteiger charge is -2.29. The summed E-state index contributed by atoms with van der Waals surface area (Å²) in [5, 5.41) is 0. The van der Waals surface area contributed by atoms with Gasteiger partial charge in [-0.05, 0) is 43.9 Å². The molecular formula is C22H29N3O4. The molecule has 0 bridgehead atoms. The van der Waals surface area contributed by atoms with E-state index < -0.39 is 12.0 Å². The van der Waals surface area contributed by atoms with E-state index in [1.807, 2.05) is 19.9 Å². The highest BCUT2D eigenvalue weighted by Gasteiger charge is 2.31. The van der Waals surface area contributed by atoms with Crippen molar-refractivity contribution in [1.29, 1.82) is 0 Å². The highest BCUT2D eigenvalue weighted by Crippen LogP contribution is 2.23. The van der Waals surface area contributed by atoms with Crippen LogP contribution in [0.1, 0.15) is 64.9 Å². The zero-order chi connectivity index (χ0) is 21.7. The number of nitrogens with one attached hydrogen (secondary N) is 1. The third-order valence-corrected chi connectivity index (χ3v) is 4.90. The fourth-order valence-corrected chi connectivity index (χ4v) is 3.37. The molecule has 0 fully saturated rings. The molecule has 1 unspecified atom stereocenters. The molecule has 2 heterocycles. The summed E-state index contributed by atoms with van der Waals surface area (Å²) in [5.74, 6) is -0.667. The normalized spacial score (nSPS) is 12.0. The van der Waals surface area contributed by atoms with Gasteiger partial charge >= 0.3 is 5.97 Å². The standard InChI is InChI=1S/C22H29N3O4/c1-13(2)10-18(26)25(12-17-8-7-9-23-11-17)16(5)21(27)19-14(3)20(22(28)29-6)24-15(19)4/h7-9,11,13,16,24H,10,12H2,1-6H3. The van der Waals surface area contributed by atoms with Crippen molar-refractivity contribution in [2.75, 3.05) is 7.11 Å². The van der Waals surface area contributed by atoms with Gasteiger partial charge in [0.05, 0.1) is 13.2 Å². The van der Waals surface area contributed by atoms with Crippen LogP contribution in [0.4, 0.5) is 0 Å². The van der Waals surface area contributed by atoms with Crippen molar-refractivity contribution in [2.45, 2.75) is 53.6 Å².